The first-order chi connectivity index (χ1) is 59.2. The SMILES string of the molecule is [C-]#[N+]C[C@H]1CN(c2nc(OCN3CCCC(N(C)C)C3)nc3c2CCN(c2cccc4ccccc24)C3)CCN1C(=O)C=C.[C-]#[N+]C[C@H]1CN(c2nc(OC[C@@H]3CCCN3C)nc3c2CCN(c2cccc(F)c2Cl)C3)CCN1C(=O)C=C.[C-]#[N+]C[C@H]1CN(c2nc(OC[C@@H]3CCCN3C)nc3c2CCN(c2cccc(F)c2F)C3)CCN1C(=O)C=C. The first-order valence-corrected chi connectivity index (χ1v) is 42.6. The van der Waals surface area contributed by atoms with E-state index in [0.717, 1.165) is 123 Å². The smallest absolute Gasteiger partial charge is 0.320 e. The van der Waals surface area contributed by atoms with Gasteiger partial charge >= 0.3 is 18.0 Å². The molecule has 4 aromatic carbocycles. The highest BCUT2D eigenvalue weighted by atomic mass is 35.5. The van der Waals surface area contributed by atoms with E-state index in [1.54, 1.807) is 31.7 Å². The minimum atomic E-state index is -0.885. The number of piperidine rings is 1. The molecule has 0 N–H and O–H groups in total. The van der Waals surface area contributed by atoms with Crippen LogP contribution in [-0.4, -0.2) is 291 Å². The number of anilines is 6. The van der Waals surface area contributed by atoms with Crippen molar-refractivity contribution in [1.82, 2.24) is 64.2 Å². The molecule has 0 radical (unpaired) electrons. The summed E-state index contributed by atoms with van der Waals surface area (Å²) in [6.07, 6.45) is 12.6. The fraction of sp³-hybridized carbons (Fsp3) is 0.489. The van der Waals surface area contributed by atoms with Crippen molar-refractivity contribution in [2.24, 2.45) is 0 Å². The zero-order valence-corrected chi connectivity index (χ0v) is 70.9. The molecule has 1 unspecified atom stereocenters. The summed E-state index contributed by atoms with van der Waals surface area (Å²) in [5.74, 6) is -0.333. The number of carbonyl (C=O) groups is 3. The maximum Gasteiger partial charge on any atom is 0.320 e. The molecule has 6 atom stereocenters. The van der Waals surface area contributed by atoms with E-state index < -0.39 is 17.5 Å². The minimum absolute atomic E-state index is 0.0981. The second-order valence-electron chi connectivity index (χ2n) is 32.7. The number of hydrogen-bond donors (Lipinski definition) is 0. The van der Waals surface area contributed by atoms with Gasteiger partial charge in [0, 0.05) is 138 Å². The number of ether oxygens (including phenoxy) is 3. The van der Waals surface area contributed by atoms with Gasteiger partial charge in [0.2, 0.25) is 37.4 Å². The van der Waals surface area contributed by atoms with Crippen LogP contribution in [-0.2, 0) is 53.3 Å². The molecule has 32 heteroatoms. The standard InChI is InChI=1S/C34H42N8O2.C28H33ClFN7O2.C28H33F2N7O2/c1-5-32(43)42-19-18-41(22-27(42)20-35-2)33-29-15-17-40(31-14-8-11-25-10-6-7-13-28(25)31)23-30(29)36-34(37-33)44-24-39-16-9-12-26(21-39)38(3)4;1-4-25(38)37-14-13-36(16-20(37)15-31-2)27-21-10-12-35(24-9-5-8-22(30)26(24)29)17-23(21)32-28(33-27)39-18-19-7-6-11-34(19)3;1-4-25(38)37-14-13-36(16-20(37)15-31-2)27-21-10-12-35(24-9-5-8-22(29)26(24)30)17-23(21)32-28(33-27)39-18-19-7-6-11-34(19)3/h5-8,10-11,13-14,26-27H,1,9,12,15-24H2,3-4H3;2*4-5,8-9,19-20H,1,6-7,10-18H2,3H3/t26?,27-;2*19-,20-/m000/s1. The highest BCUT2D eigenvalue weighted by Gasteiger charge is 2.40. The van der Waals surface area contributed by atoms with Crippen molar-refractivity contribution in [3.63, 3.8) is 0 Å². The fourth-order valence-electron chi connectivity index (χ4n) is 18.3. The Labute approximate surface area is 717 Å². The van der Waals surface area contributed by atoms with Gasteiger partial charge in [0.15, 0.2) is 11.6 Å². The number of likely N-dealkylation sites (tertiary alicyclic amines) is 3. The van der Waals surface area contributed by atoms with Crippen LogP contribution >= 0.6 is 11.6 Å². The summed E-state index contributed by atoms with van der Waals surface area (Å²) in [5.41, 5.74) is 7.59. The van der Waals surface area contributed by atoms with Gasteiger partial charge in [-0.25, -0.2) is 32.9 Å². The maximum absolute atomic E-state index is 14.6. The quantitative estimate of drug-likeness (QED) is 0.0456. The third kappa shape index (κ3) is 19.9. The van der Waals surface area contributed by atoms with Crippen molar-refractivity contribution in [3.8, 4) is 18.0 Å². The van der Waals surface area contributed by atoms with Gasteiger partial charge in [-0.3, -0.25) is 19.3 Å². The molecule has 6 saturated heterocycles. The minimum Gasteiger partial charge on any atom is -0.462 e. The van der Waals surface area contributed by atoms with Gasteiger partial charge in [-0.1, -0.05) is 79.9 Å². The lowest BCUT2D eigenvalue weighted by atomic mass is 10.0. The van der Waals surface area contributed by atoms with Crippen LogP contribution in [0.3, 0.4) is 0 Å². The molecule has 16 rings (SSSR count). The van der Waals surface area contributed by atoms with E-state index >= 15 is 0 Å². The number of benzene rings is 4. The number of rotatable bonds is 22. The summed E-state index contributed by atoms with van der Waals surface area (Å²) in [5, 5.41) is 2.55. The monoisotopic (exact) mass is 1680 g/mol. The van der Waals surface area contributed by atoms with Crippen LogP contribution in [0.15, 0.2) is 117 Å². The number of piperazine rings is 3. The molecule has 122 heavy (non-hydrogen) atoms. The van der Waals surface area contributed by atoms with E-state index in [0.29, 0.717) is 153 Å². The summed E-state index contributed by atoms with van der Waals surface area (Å²) in [6.45, 7) is 47.2. The molecular formula is C90H108ClF3N22O6. The summed E-state index contributed by atoms with van der Waals surface area (Å²) >= 11 is 6.32. The number of aromatic nitrogens is 6. The second-order valence-corrected chi connectivity index (χ2v) is 33.1. The summed E-state index contributed by atoms with van der Waals surface area (Å²) in [6, 6.07) is 25.2. The van der Waals surface area contributed by atoms with Crippen molar-refractivity contribution < 1.29 is 41.8 Å². The highest BCUT2D eigenvalue weighted by Crippen LogP contribution is 2.40. The van der Waals surface area contributed by atoms with E-state index in [9.17, 15) is 27.6 Å². The summed E-state index contributed by atoms with van der Waals surface area (Å²) in [7, 11) is 8.45. The fourth-order valence-corrected chi connectivity index (χ4v) is 18.6. The first kappa shape index (κ1) is 87.0. The molecule has 6 fully saturated rings. The number of halogens is 4. The van der Waals surface area contributed by atoms with Gasteiger partial charge in [-0.05, 0) is 153 Å². The largest absolute Gasteiger partial charge is 0.462 e. The molecule has 9 aliphatic rings. The maximum atomic E-state index is 14.6. The van der Waals surface area contributed by atoms with Crippen molar-refractivity contribution >= 4 is 74.6 Å². The predicted octanol–water partition coefficient (Wildman–Crippen LogP) is 10.0. The second kappa shape index (κ2) is 40.1. The molecule has 0 aliphatic carbocycles. The van der Waals surface area contributed by atoms with E-state index in [1.165, 1.54) is 53.2 Å². The predicted molar refractivity (Wildman–Crippen MR) is 466 cm³/mol. The van der Waals surface area contributed by atoms with Crippen LogP contribution in [0.25, 0.3) is 25.3 Å². The summed E-state index contributed by atoms with van der Waals surface area (Å²) in [4.78, 5) is 105. The van der Waals surface area contributed by atoms with Crippen LogP contribution in [0.1, 0.15) is 72.3 Å². The third-order valence-corrected chi connectivity index (χ3v) is 25.5. The molecular weight excluding hydrogens is 1580 g/mol. The van der Waals surface area contributed by atoms with Crippen LogP contribution < -0.4 is 43.6 Å². The number of hydrogen-bond acceptors (Lipinski definition) is 22. The van der Waals surface area contributed by atoms with Gasteiger partial charge in [0.05, 0.1) is 53.1 Å². The van der Waals surface area contributed by atoms with E-state index in [-0.39, 0.29) is 84.8 Å². The first-order valence-electron chi connectivity index (χ1n) is 42.2. The zero-order chi connectivity index (χ0) is 85.7. The zero-order valence-electron chi connectivity index (χ0n) is 70.2. The van der Waals surface area contributed by atoms with Crippen LogP contribution in [0.4, 0.5) is 47.7 Å². The lowest BCUT2D eigenvalue weighted by Crippen LogP contribution is -2.56. The van der Waals surface area contributed by atoms with Crippen molar-refractivity contribution in [2.75, 3.05) is 202 Å². The molecule has 12 heterocycles. The Morgan fingerprint density at radius 2 is 0.885 bits per heavy atom. The molecule has 0 bridgehead atoms. The summed E-state index contributed by atoms with van der Waals surface area (Å²) < 4.78 is 61.5. The molecule has 0 spiro atoms. The molecule has 7 aromatic rings. The van der Waals surface area contributed by atoms with E-state index in [2.05, 4.69) is 144 Å². The van der Waals surface area contributed by atoms with Crippen molar-refractivity contribution in [2.45, 2.75) is 114 Å². The number of carbonyl (C=O) groups excluding carboxylic acids is 3. The van der Waals surface area contributed by atoms with Crippen molar-refractivity contribution in [1.29, 1.82) is 0 Å². The van der Waals surface area contributed by atoms with E-state index in [4.69, 9.17) is 75.4 Å². The Morgan fingerprint density at radius 3 is 1.34 bits per heavy atom. The average molecular weight is 1690 g/mol. The number of nitrogens with zero attached hydrogens (tertiary/aromatic N) is 22. The normalized spacial score (nSPS) is 21.2. The molecule has 9 aliphatic heterocycles. The van der Waals surface area contributed by atoms with Gasteiger partial charge in [0.1, 0.15) is 61.3 Å². The van der Waals surface area contributed by atoms with Crippen LogP contribution in [0.2, 0.25) is 5.02 Å². The Morgan fingerprint density at radius 1 is 0.475 bits per heavy atom. The Bertz CT molecular complexity index is 4910. The van der Waals surface area contributed by atoms with Gasteiger partial charge in [-0.2, -0.15) is 29.9 Å². The number of fused-ring (bicyclic) bond motifs is 4. The topological polar surface area (TPSA) is 211 Å². The molecule has 3 aromatic heterocycles. The Balaban J connectivity index is 0.000000150. The Kier molecular flexibility index (Phi) is 28.6. The molecule has 3 amide bonds. The molecule has 0 saturated carbocycles. The highest BCUT2D eigenvalue weighted by molar-refractivity contribution is 6.33. The average Bonchev–Trinajstić information content (AvgIpc) is 0.945. The Hall–Kier alpha value is -11.4. The third-order valence-electron chi connectivity index (χ3n) is 25.1. The van der Waals surface area contributed by atoms with Crippen molar-refractivity contribution in [3.05, 3.63) is 207 Å². The van der Waals surface area contributed by atoms with E-state index in [1.807, 2.05) is 11.0 Å². The number of amides is 3. The lowest BCUT2D eigenvalue weighted by Gasteiger charge is -2.41. The molecule has 642 valence electrons. The molecule has 28 nitrogen and oxygen atoms in total. The van der Waals surface area contributed by atoms with Gasteiger partial charge in [-0.15, -0.1) is 0 Å². The lowest BCUT2D eigenvalue weighted by molar-refractivity contribution is -0.129. The van der Waals surface area contributed by atoms with Crippen LogP contribution in [0, 0.1) is 37.2 Å². The van der Waals surface area contributed by atoms with Gasteiger partial charge in [0.25, 0.3) is 0 Å². The number of likely N-dealkylation sites (N-methyl/N-ethyl adjacent to an activating group) is 3. The van der Waals surface area contributed by atoms with Gasteiger partial charge < -0.3 is 87.5 Å². The van der Waals surface area contributed by atoms with Crippen LogP contribution in [0.5, 0.6) is 18.0 Å².